The molecule has 1 aromatic rings. The van der Waals surface area contributed by atoms with E-state index in [1.807, 2.05) is 19.1 Å². The summed E-state index contributed by atoms with van der Waals surface area (Å²) in [6, 6.07) is 4.53. The van der Waals surface area contributed by atoms with Crippen LogP contribution in [0, 0.1) is 0 Å². The second kappa shape index (κ2) is 13.0. The summed E-state index contributed by atoms with van der Waals surface area (Å²) in [6.45, 7) is 7.96. The van der Waals surface area contributed by atoms with Gasteiger partial charge in [0.1, 0.15) is 0 Å². The van der Waals surface area contributed by atoms with Gasteiger partial charge < -0.3 is 26.6 Å². The molecule has 0 radical (unpaired) electrons. The van der Waals surface area contributed by atoms with Gasteiger partial charge in [0.25, 0.3) is 0 Å². The van der Waals surface area contributed by atoms with Crippen molar-refractivity contribution in [3.05, 3.63) is 89.0 Å². The smallest absolute Gasteiger partial charge is 0.248 e. The number of hydrogen-bond acceptors (Lipinski definition) is 6. The normalized spacial score (nSPS) is 13.1. The maximum Gasteiger partial charge on any atom is 0.248 e. The van der Waals surface area contributed by atoms with Crippen LogP contribution in [0.2, 0.25) is 0 Å². The SMILES string of the molecule is C=C\C(=C/C=C(C)/C=C/C(=O)N/C(C)=C/S/C=C/N)CNc1ccc(O)c(O)c1. The Balaban J connectivity index is 2.62. The van der Waals surface area contributed by atoms with Crippen LogP contribution in [0.1, 0.15) is 13.8 Å². The number of amides is 1. The third-order valence-electron chi connectivity index (χ3n) is 3.51. The van der Waals surface area contributed by atoms with E-state index in [-0.39, 0.29) is 17.4 Å². The Kier molecular flexibility index (Phi) is 10.6. The first-order valence-corrected chi connectivity index (χ1v) is 9.73. The molecule has 154 valence electrons. The van der Waals surface area contributed by atoms with E-state index in [0.29, 0.717) is 12.2 Å². The summed E-state index contributed by atoms with van der Waals surface area (Å²) in [5.74, 6) is -0.565. The van der Waals surface area contributed by atoms with E-state index in [1.54, 1.807) is 36.0 Å². The van der Waals surface area contributed by atoms with Gasteiger partial charge in [0.15, 0.2) is 11.5 Å². The number of allylic oxidation sites excluding steroid dienone is 5. The van der Waals surface area contributed by atoms with Crippen molar-refractivity contribution in [2.45, 2.75) is 13.8 Å². The number of nitrogens with two attached hydrogens (primary N) is 1. The molecule has 1 amide bonds. The number of anilines is 1. The molecule has 0 aromatic heterocycles. The first-order chi connectivity index (χ1) is 13.8. The standard InChI is InChI=1S/C22H27N3O3S/c1-4-18(14-24-19-8-9-20(26)21(27)13-19)7-5-16(2)6-10-22(28)25-17(3)15-29-12-11-23/h4-13,15,24,26-27H,1,14,23H2,2-3H3,(H,25,28)/b10-6+,12-11+,16-5+,17-15+,18-7+. The Labute approximate surface area is 175 Å². The first kappa shape index (κ1) is 23.7. The molecule has 0 heterocycles. The van der Waals surface area contributed by atoms with Gasteiger partial charge in [-0.15, -0.1) is 11.8 Å². The fraction of sp³-hybridized carbons (Fsp3) is 0.136. The summed E-state index contributed by atoms with van der Waals surface area (Å²) in [6.07, 6.45) is 10.1. The molecule has 1 rings (SSSR count). The lowest BCUT2D eigenvalue weighted by molar-refractivity contribution is -0.115. The Morgan fingerprint density at radius 3 is 2.62 bits per heavy atom. The number of nitrogens with one attached hydrogen (secondary N) is 2. The van der Waals surface area contributed by atoms with E-state index in [9.17, 15) is 15.0 Å². The Bertz CT molecular complexity index is 868. The largest absolute Gasteiger partial charge is 0.504 e. The average Bonchev–Trinajstić information content (AvgIpc) is 2.69. The van der Waals surface area contributed by atoms with Gasteiger partial charge in [0.05, 0.1) is 0 Å². The molecule has 29 heavy (non-hydrogen) atoms. The number of benzene rings is 1. The summed E-state index contributed by atoms with van der Waals surface area (Å²) in [4.78, 5) is 11.9. The van der Waals surface area contributed by atoms with Crippen LogP contribution in [-0.4, -0.2) is 22.7 Å². The number of aromatic hydroxyl groups is 2. The van der Waals surface area contributed by atoms with Crippen LogP contribution in [0.25, 0.3) is 0 Å². The van der Waals surface area contributed by atoms with E-state index in [2.05, 4.69) is 17.2 Å². The highest BCUT2D eigenvalue weighted by molar-refractivity contribution is 8.04. The summed E-state index contributed by atoms with van der Waals surface area (Å²) in [5, 5.41) is 28.2. The average molecular weight is 414 g/mol. The molecule has 0 unspecified atom stereocenters. The Morgan fingerprint density at radius 2 is 1.97 bits per heavy atom. The second-order valence-electron chi connectivity index (χ2n) is 6.00. The van der Waals surface area contributed by atoms with Crippen molar-refractivity contribution < 1.29 is 15.0 Å². The first-order valence-electron chi connectivity index (χ1n) is 8.79. The highest BCUT2D eigenvalue weighted by Crippen LogP contribution is 2.27. The summed E-state index contributed by atoms with van der Waals surface area (Å²) < 4.78 is 0. The van der Waals surface area contributed by atoms with Crippen molar-refractivity contribution in [1.82, 2.24) is 5.32 Å². The molecule has 0 saturated carbocycles. The minimum atomic E-state index is -0.217. The molecule has 6 N–H and O–H groups in total. The van der Waals surface area contributed by atoms with Crippen molar-refractivity contribution in [2.24, 2.45) is 5.73 Å². The lowest BCUT2D eigenvalue weighted by Crippen LogP contribution is -2.18. The zero-order chi connectivity index (χ0) is 21.6. The van der Waals surface area contributed by atoms with E-state index in [1.165, 1.54) is 36.2 Å². The predicted octanol–water partition coefficient (Wildman–Crippen LogP) is 4.27. The molecule has 0 aliphatic heterocycles. The van der Waals surface area contributed by atoms with Crippen LogP contribution in [0.5, 0.6) is 11.5 Å². The van der Waals surface area contributed by atoms with Gasteiger partial charge in [-0.1, -0.05) is 36.5 Å². The van der Waals surface area contributed by atoms with Crippen molar-refractivity contribution in [1.29, 1.82) is 0 Å². The lowest BCUT2D eigenvalue weighted by atomic mass is 10.2. The molecular formula is C22H27N3O3S. The molecule has 0 aliphatic carbocycles. The van der Waals surface area contributed by atoms with Gasteiger partial charge in [-0.25, -0.2) is 0 Å². The van der Waals surface area contributed by atoms with E-state index in [0.717, 1.165) is 16.8 Å². The molecule has 0 bridgehead atoms. The summed E-state index contributed by atoms with van der Waals surface area (Å²) in [5.41, 5.74) is 8.46. The molecule has 0 aliphatic rings. The zero-order valence-corrected chi connectivity index (χ0v) is 17.4. The summed E-state index contributed by atoms with van der Waals surface area (Å²) >= 11 is 1.38. The lowest BCUT2D eigenvalue weighted by Gasteiger charge is -2.08. The Morgan fingerprint density at radius 1 is 1.21 bits per heavy atom. The summed E-state index contributed by atoms with van der Waals surface area (Å²) in [7, 11) is 0. The molecule has 1 aromatic carbocycles. The Hall–Kier alpha value is -3.32. The molecule has 0 saturated heterocycles. The number of hydrogen-bond donors (Lipinski definition) is 5. The van der Waals surface area contributed by atoms with Gasteiger partial charge in [0.2, 0.25) is 5.91 Å². The highest BCUT2D eigenvalue weighted by atomic mass is 32.2. The van der Waals surface area contributed by atoms with Crippen LogP contribution >= 0.6 is 11.8 Å². The number of rotatable bonds is 10. The quantitative estimate of drug-likeness (QED) is 0.170. The maximum atomic E-state index is 11.9. The van der Waals surface area contributed by atoms with Crippen molar-refractivity contribution in [3.63, 3.8) is 0 Å². The van der Waals surface area contributed by atoms with E-state index in [4.69, 9.17) is 5.73 Å². The number of phenols is 2. The van der Waals surface area contributed by atoms with Gasteiger partial charge >= 0.3 is 0 Å². The van der Waals surface area contributed by atoms with E-state index >= 15 is 0 Å². The number of thioether (sulfide) groups is 1. The molecular weight excluding hydrogens is 386 g/mol. The maximum absolute atomic E-state index is 11.9. The molecule has 0 spiro atoms. The fourth-order valence-corrected chi connectivity index (χ4v) is 2.42. The van der Waals surface area contributed by atoms with Crippen molar-refractivity contribution in [2.75, 3.05) is 11.9 Å². The second-order valence-corrected chi connectivity index (χ2v) is 6.78. The molecule has 7 heteroatoms. The van der Waals surface area contributed by atoms with Crippen LogP contribution in [0.3, 0.4) is 0 Å². The third-order valence-corrected chi connectivity index (χ3v) is 4.32. The van der Waals surface area contributed by atoms with Crippen LogP contribution < -0.4 is 16.4 Å². The monoisotopic (exact) mass is 413 g/mol. The van der Waals surface area contributed by atoms with Gasteiger partial charge in [-0.05, 0) is 42.4 Å². The van der Waals surface area contributed by atoms with E-state index < -0.39 is 0 Å². The van der Waals surface area contributed by atoms with Crippen molar-refractivity contribution in [3.8, 4) is 11.5 Å². The fourth-order valence-electron chi connectivity index (χ4n) is 1.99. The van der Waals surface area contributed by atoms with Crippen LogP contribution in [0.4, 0.5) is 5.69 Å². The number of carbonyl (C=O) groups excluding carboxylic acids is 1. The molecule has 0 fully saturated rings. The zero-order valence-electron chi connectivity index (χ0n) is 16.6. The third kappa shape index (κ3) is 9.97. The molecule has 6 nitrogen and oxygen atoms in total. The topological polar surface area (TPSA) is 108 Å². The van der Waals surface area contributed by atoms with Gasteiger partial charge in [0, 0.05) is 36.3 Å². The predicted molar refractivity (Wildman–Crippen MR) is 122 cm³/mol. The van der Waals surface area contributed by atoms with Gasteiger partial charge in [-0.2, -0.15) is 0 Å². The minimum Gasteiger partial charge on any atom is -0.504 e. The van der Waals surface area contributed by atoms with Crippen LogP contribution in [0.15, 0.2) is 89.0 Å². The van der Waals surface area contributed by atoms with Crippen molar-refractivity contribution >= 4 is 23.4 Å². The van der Waals surface area contributed by atoms with Gasteiger partial charge in [-0.3, -0.25) is 4.79 Å². The number of carbonyl (C=O) groups is 1. The molecule has 0 atom stereocenters. The minimum absolute atomic E-state index is 0.166. The highest BCUT2D eigenvalue weighted by Gasteiger charge is 2.00. The van der Waals surface area contributed by atoms with Crippen LogP contribution in [-0.2, 0) is 4.79 Å². The number of phenolic OH excluding ortho intramolecular Hbond substituents is 2.